The van der Waals surface area contributed by atoms with Gasteiger partial charge in [-0.05, 0) is 56.5 Å². The third kappa shape index (κ3) is 1.90. The maximum atomic E-state index is 3.57. The number of benzene rings is 1. The molecule has 1 unspecified atom stereocenters. The number of nitrogens with zero attached hydrogens (tertiary/aromatic N) is 1. The van der Waals surface area contributed by atoms with Crippen LogP contribution in [-0.4, -0.2) is 18.2 Å². The van der Waals surface area contributed by atoms with Crippen LogP contribution in [0.2, 0.25) is 0 Å². The van der Waals surface area contributed by atoms with Crippen molar-refractivity contribution in [3.63, 3.8) is 0 Å². The topological polar surface area (TPSA) is 17.0 Å². The zero-order valence-electron chi connectivity index (χ0n) is 11.0. The number of aryl methyl sites for hydroxylation is 1. The third-order valence-electron chi connectivity index (χ3n) is 4.17. The largest absolute Gasteiger partial charge is 0.347 e. The van der Waals surface area contributed by atoms with Crippen LogP contribution in [0.25, 0.3) is 10.9 Å². The first-order valence-electron chi connectivity index (χ1n) is 6.61. The van der Waals surface area contributed by atoms with Crippen molar-refractivity contribution in [3.05, 3.63) is 33.9 Å². The zero-order chi connectivity index (χ0) is 12.7. The van der Waals surface area contributed by atoms with Crippen LogP contribution in [0.15, 0.2) is 22.7 Å². The van der Waals surface area contributed by atoms with Crippen LogP contribution in [0.4, 0.5) is 0 Å². The molecule has 1 N–H and O–H groups in total. The van der Waals surface area contributed by atoms with Gasteiger partial charge in [0.25, 0.3) is 0 Å². The SMILES string of the molecule is CNCC1CCc2c(c3ccc(Br)cc3n2C)C1. The summed E-state index contributed by atoms with van der Waals surface area (Å²) in [6, 6.07) is 6.66. The van der Waals surface area contributed by atoms with Gasteiger partial charge in [-0.1, -0.05) is 22.0 Å². The van der Waals surface area contributed by atoms with E-state index in [1.165, 1.54) is 40.3 Å². The molecule has 2 nitrogen and oxygen atoms in total. The van der Waals surface area contributed by atoms with E-state index in [4.69, 9.17) is 0 Å². The summed E-state index contributed by atoms with van der Waals surface area (Å²) in [5, 5.41) is 4.76. The Hall–Kier alpha value is -0.800. The van der Waals surface area contributed by atoms with Gasteiger partial charge in [0.15, 0.2) is 0 Å². The van der Waals surface area contributed by atoms with Gasteiger partial charge in [0.05, 0.1) is 0 Å². The van der Waals surface area contributed by atoms with Crippen LogP contribution in [0.3, 0.4) is 0 Å². The fourth-order valence-electron chi connectivity index (χ4n) is 3.28. The minimum Gasteiger partial charge on any atom is -0.347 e. The molecule has 0 saturated heterocycles. The second-order valence-electron chi connectivity index (χ2n) is 5.31. The van der Waals surface area contributed by atoms with Crippen LogP contribution in [0, 0.1) is 5.92 Å². The molecule has 96 valence electrons. The molecule has 3 rings (SSSR count). The molecule has 1 atom stereocenters. The normalized spacial score (nSPS) is 19.2. The molecule has 0 amide bonds. The highest BCUT2D eigenvalue weighted by Crippen LogP contribution is 2.34. The number of hydrogen-bond donors (Lipinski definition) is 1. The Morgan fingerprint density at radius 2 is 2.28 bits per heavy atom. The molecule has 2 aromatic rings. The molecule has 0 radical (unpaired) electrons. The highest BCUT2D eigenvalue weighted by Gasteiger charge is 2.23. The first-order chi connectivity index (χ1) is 8.70. The fraction of sp³-hybridized carbons (Fsp3) is 0.467. The summed E-state index contributed by atoms with van der Waals surface area (Å²) in [5.41, 5.74) is 4.47. The predicted octanol–water partition coefficient (Wildman–Crippen LogP) is 3.27. The lowest BCUT2D eigenvalue weighted by Crippen LogP contribution is -2.25. The molecule has 18 heavy (non-hydrogen) atoms. The van der Waals surface area contributed by atoms with Crippen molar-refractivity contribution in [2.24, 2.45) is 13.0 Å². The Kier molecular flexibility index (Phi) is 3.20. The summed E-state index contributed by atoms with van der Waals surface area (Å²) >= 11 is 3.57. The first kappa shape index (κ1) is 12.2. The number of fused-ring (bicyclic) bond motifs is 3. The minimum atomic E-state index is 0.789. The number of aromatic nitrogens is 1. The van der Waals surface area contributed by atoms with Gasteiger partial charge < -0.3 is 9.88 Å². The molecule has 1 aliphatic carbocycles. The molecule has 0 aliphatic heterocycles. The Bertz CT molecular complexity index is 586. The van der Waals surface area contributed by atoms with Gasteiger partial charge >= 0.3 is 0 Å². The van der Waals surface area contributed by atoms with Crippen molar-refractivity contribution < 1.29 is 0 Å². The lowest BCUT2D eigenvalue weighted by atomic mass is 9.86. The summed E-state index contributed by atoms with van der Waals surface area (Å²) < 4.78 is 3.55. The van der Waals surface area contributed by atoms with Crippen LogP contribution in [-0.2, 0) is 19.9 Å². The number of nitrogens with one attached hydrogen (secondary N) is 1. The highest BCUT2D eigenvalue weighted by atomic mass is 79.9. The summed E-state index contributed by atoms with van der Waals surface area (Å²) in [5.74, 6) is 0.789. The van der Waals surface area contributed by atoms with E-state index in [1.54, 1.807) is 5.56 Å². The summed E-state index contributed by atoms with van der Waals surface area (Å²) in [6.45, 7) is 1.13. The minimum absolute atomic E-state index is 0.789. The lowest BCUT2D eigenvalue weighted by molar-refractivity contribution is 0.434. The average Bonchev–Trinajstić information content (AvgIpc) is 2.63. The van der Waals surface area contributed by atoms with Gasteiger partial charge in [-0.25, -0.2) is 0 Å². The van der Waals surface area contributed by atoms with Crippen molar-refractivity contribution in [2.75, 3.05) is 13.6 Å². The molecule has 0 bridgehead atoms. The summed E-state index contributed by atoms with van der Waals surface area (Å²) in [7, 11) is 4.25. The smallest absolute Gasteiger partial charge is 0.0494 e. The maximum Gasteiger partial charge on any atom is 0.0494 e. The Balaban J connectivity index is 2.11. The van der Waals surface area contributed by atoms with Crippen LogP contribution in [0.5, 0.6) is 0 Å². The van der Waals surface area contributed by atoms with E-state index in [-0.39, 0.29) is 0 Å². The van der Waals surface area contributed by atoms with E-state index in [9.17, 15) is 0 Å². The van der Waals surface area contributed by atoms with Gasteiger partial charge in [-0.3, -0.25) is 0 Å². The lowest BCUT2D eigenvalue weighted by Gasteiger charge is -2.23. The quantitative estimate of drug-likeness (QED) is 0.901. The average molecular weight is 307 g/mol. The van der Waals surface area contributed by atoms with Crippen molar-refractivity contribution in [1.29, 1.82) is 0 Å². The maximum absolute atomic E-state index is 3.57. The molecule has 1 aromatic heterocycles. The van der Waals surface area contributed by atoms with E-state index in [1.807, 2.05) is 0 Å². The number of hydrogen-bond acceptors (Lipinski definition) is 1. The number of halogens is 1. The van der Waals surface area contributed by atoms with Crippen molar-refractivity contribution >= 4 is 26.8 Å². The molecule has 1 aliphatic rings. The Morgan fingerprint density at radius 3 is 3.06 bits per heavy atom. The highest BCUT2D eigenvalue weighted by molar-refractivity contribution is 9.10. The Morgan fingerprint density at radius 1 is 1.44 bits per heavy atom. The van der Waals surface area contributed by atoms with Crippen LogP contribution >= 0.6 is 15.9 Å². The second-order valence-corrected chi connectivity index (χ2v) is 6.23. The van der Waals surface area contributed by atoms with Gasteiger partial charge in [0, 0.05) is 28.1 Å². The molecule has 1 aromatic carbocycles. The van der Waals surface area contributed by atoms with E-state index in [2.05, 4.69) is 58.1 Å². The molecular weight excluding hydrogens is 288 g/mol. The Labute approximate surface area is 116 Å². The number of rotatable bonds is 2. The van der Waals surface area contributed by atoms with Crippen molar-refractivity contribution in [2.45, 2.75) is 19.3 Å². The van der Waals surface area contributed by atoms with Crippen molar-refractivity contribution in [1.82, 2.24) is 9.88 Å². The summed E-state index contributed by atoms with van der Waals surface area (Å²) in [6.07, 6.45) is 3.73. The van der Waals surface area contributed by atoms with Crippen molar-refractivity contribution in [3.8, 4) is 0 Å². The standard InChI is InChI=1S/C15H19BrN2/c1-17-9-10-3-6-14-13(7-10)12-5-4-11(16)8-15(12)18(14)2/h4-5,8,10,17H,3,6-7,9H2,1-2H3. The summed E-state index contributed by atoms with van der Waals surface area (Å²) in [4.78, 5) is 0. The van der Waals surface area contributed by atoms with Crippen LogP contribution < -0.4 is 5.32 Å². The predicted molar refractivity (Wildman–Crippen MR) is 80.1 cm³/mol. The molecule has 0 spiro atoms. The van der Waals surface area contributed by atoms with Gasteiger partial charge in [-0.15, -0.1) is 0 Å². The van der Waals surface area contributed by atoms with E-state index in [0.717, 1.165) is 12.5 Å². The molecular formula is C15H19BrN2. The molecule has 0 saturated carbocycles. The molecule has 3 heteroatoms. The van der Waals surface area contributed by atoms with Crippen LogP contribution in [0.1, 0.15) is 17.7 Å². The van der Waals surface area contributed by atoms with Gasteiger partial charge in [0.1, 0.15) is 0 Å². The monoisotopic (exact) mass is 306 g/mol. The second kappa shape index (κ2) is 4.71. The first-order valence-corrected chi connectivity index (χ1v) is 7.40. The third-order valence-corrected chi connectivity index (χ3v) is 4.67. The van der Waals surface area contributed by atoms with Gasteiger partial charge in [-0.2, -0.15) is 0 Å². The van der Waals surface area contributed by atoms with E-state index < -0.39 is 0 Å². The molecule has 1 heterocycles. The fourth-order valence-corrected chi connectivity index (χ4v) is 3.63. The van der Waals surface area contributed by atoms with E-state index >= 15 is 0 Å². The zero-order valence-corrected chi connectivity index (χ0v) is 12.5. The van der Waals surface area contributed by atoms with Gasteiger partial charge in [0.2, 0.25) is 0 Å². The van der Waals surface area contributed by atoms with E-state index in [0.29, 0.717) is 0 Å². The molecule has 0 fully saturated rings.